The van der Waals surface area contributed by atoms with Crippen LogP contribution in [0.4, 0.5) is 0 Å². The fourth-order valence-electron chi connectivity index (χ4n) is 3.55. The van der Waals surface area contributed by atoms with Gasteiger partial charge in [-0.2, -0.15) is 0 Å². The second-order valence-corrected chi connectivity index (χ2v) is 9.15. The molecule has 0 saturated heterocycles. The van der Waals surface area contributed by atoms with Gasteiger partial charge in [0.15, 0.2) is 0 Å². The van der Waals surface area contributed by atoms with Crippen LogP contribution in [0.5, 0.6) is 0 Å². The summed E-state index contributed by atoms with van der Waals surface area (Å²) in [5, 5.41) is 3.62. The van der Waals surface area contributed by atoms with Crippen LogP contribution in [0.3, 0.4) is 0 Å². The number of halogens is 1. The van der Waals surface area contributed by atoms with Gasteiger partial charge in [-0.1, -0.05) is 84.4 Å². The lowest BCUT2D eigenvalue weighted by Crippen LogP contribution is -2.51. The zero-order valence-corrected chi connectivity index (χ0v) is 20.3. The number of nitrogens with one attached hydrogen (secondary N) is 1. The summed E-state index contributed by atoms with van der Waals surface area (Å²) < 4.78 is 0. The van der Waals surface area contributed by atoms with Gasteiger partial charge in [-0.15, -0.1) is 11.8 Å². The second kappa shape index (κ2) is 13.1. The van der Waals surface area contributed by atoms with E-state index in [-0.39, 0.29) is 11.8 Å². The molecule has 0 aliphatic carbocycles. The molecular formula is C27H29ClN2O2S. The summed E-state index contributed by atoms with van der Waals surface area (Å²) in [5.41, 5.74) is 3.13. The Kier molecular flexibility index (Phi) is 9.85. The van der Waals surface area contributed by atoms with E-state index in [0.29, 0.717) is 36.0 Å². The van der Waals surface area contributed by atoms with Crippen molar-refractivity contribution >= 4 is 35.2 Å². The maximum Gasteiger partial charge on any atom is 0.243 e. The van der Waals surface area contributed by atoms with E-state index in [1.807, 2.05) is 91.9 Å². The Hall–Kier alpha value is -2.76. The standard InChI is InChI=1S/C27H29ClN2O2S/c1-2-29-27(32)25(17-21-9-5-3-6-10-21)30(18-22-11-7-4-8-12-22)26(31)20-33-19-23-13-15-24(28)16-14-23/h3-16,25H,2,17-20H2,1H3,(H,29,32)/t25-/m1/s1. The Morgan fingerprint density at radius 1 is 0.879 bits per heavy atom. The first-order valence-electron chi connectivity index (χ1n) is 11.0. The zero-order chi connectivity index (χ0) is 23.5. The van der Waals surface area contributed by atoms with Crippen molar-refractivity contribution in [3.63, 3.8) is 0 Å². The average Bonchev–Trinajstić information content (AvgIpc) is 2.84. The average molecular weight is 481 g/mol. The molecule has 33 heavy (non-hydrogen) atoms. The lowest BCUT2D eigenvalue weighted by atomic mass is 10.0. The third kappa shape index (κ3) is 7.95. The van der Waals surface area contributed by atoms with Gasteiger partial charge in [-0.3, -0.25) is 9.59 Å². The molecule has 1 N–H and O–H groups in total. The molecule has 2 amide bonds. The van der Waals surface area contributed by atoms with E-state index >= 15 is 0 Å². The van der Waals surface area contributed by atoms with Crippen LogP contribution in [0.15, 0.2) is 84.9 Å². The highest BCUT2D eigenvalue weighted by molar-refractivity contribution is 7.99. The molecule has 3 aromatic carbocycles. The normalized spacial score (nSPS) is 11.6. The zero-order valence-electron chi connectivity index (χ0n) is 18.7. The molecule has 0 aliphatic rings. The van der Waals surface area contributed by atoms with Crippen molar-refractivity contribution < 1.29 is 9.59 Å². The Morgan fingerprint density at radius 2 is 1.48 bits per heavy atom. The maximum absolute atomic E-state index is 13.4. The Balaban J connectivity index is 1.79. The van der Waals surface area contributed by atoms with Crippen molar-refractivity contribution in [2.45, 2.75) is 31.7 Å². The number of amides is 2. The molecule has 0 spiro atoms. The Labute approximate surface area is 205 Å². The molecule has 6 heteroatoms. The molecule has 0 unspecified atom stereocenters. The smallest absolute Gasteiger partial charge is 0.243 e. The van der Waals surface area contributed by atoms with Crippen molar-refractivity contribution in [2.24, 2.45) is 0 Å². The van der Waals surface area contributed by atoms with Gasteiger partial charge in [-0.25, -0.2) is 0 Å². The molecule has 0 saturated carbocycles. The van der Waals surface area contributed by atoms with Crippen LogP contribution >= 0.6 is 23.4 Å². The highest BCUT2D eigenvalue weighted by atomic mass is 35.5. The molecular weight excluding hydrogens is 452 g/mol. The molecule has 0 aliphatic heterocycles. The van der Waals surface area contributed by atoms with E-state index in [4.69, 9.17) is 11.6 Å². The minimum absolute atomic E-state index is 0.0509. The monoisotopic (exact) mass is 480 g/mol. The number of hydrogen-bond acceptors (Lipinski definition) is 3. The first-order chi connectivity index (χ1) is 16.1. The molecule has 0 heterocycles. The van der Waals surface area contributed by atoms with Crippen molar-refractivity contribution in [3.05, 3.63) is 107 Å². The highest BCUT2D eigenvalue weighted by Gasteiger charge is 2.29. The van der Waals surface area contributed by atoms with E-state index in [9.17, 15) is 9.59 Å². The van der Waals surface area contributed by atoms with E-state index < -0.39 is 6.04 Å². The van der Waals surface area contributed by atoms with Gasteiger partial charge in [-0.05, 0) is 35.7 Å². The van der Waals surface area contributed by atoms with Gasteiger partial charge in [0.1, 0.15) is 6.04 Å². The summed E-state index contributed by atoms with van der Waals surface area (Å²) in [6, 6.07) is 26.7. The molecule has 172 valence electrons. The Morgan fingerprint density at radius 3 is 2.09 bits per heavy atom. The van der Waals surface area contributed by atoms with Gasteiger partial charge in [0.2, 0.25) is 11.8 Å². The molecule has 0 fully saturated rings. The summed E-state index contributed by atoms with van der Waals surface area (Å²) in [7, 11) is 0. The van der Waals surface area contributed by atoms with Crippen LogP contribution in [0.25, 0.3) is 0 Å². The number of nitrogens with zero attached hydrogens (tertiary/aromatic N) is 1. The molecule has 1 atom stereocenters. The fraction of sp³-hybridized carbons (Fsp3) is 0.259. The first-order valence-corrected chi connectivity index (χ1v) is 12.6. The van der Waals surface area contributed by atoms with Gasteiger partial charge < -0.3 is 10.2 Å². The van der Waals surface area contributed by atoms with E-state index in [0.717, 1.165) is 16.7 Å². The molecule has 0 radical (unpaired) electrons. The minimum atomic E-state index is -0.587. The summed E-state index contributed by atoms with van der Waals surface area (Å²) in [5.74, 6) is 0.811. The van der Waals surface area contributed by atoms with Crippen molar-refractivity contribution in [1.29, 1.82) is 0 Å². The van der Waals surface area contributed by atoms with E-state index in [1.165, 1.54) is 0 Å². The van der Waals surface area contributed by atoms with Gasteiger partial charge in [0.25, 0.3) is 0 Å². The number of hydrogen-bond donors (Lipinski definition) is 1. The van der Waals surface area contributed by atoms with E-state index in [1.54, 1.807) is 16.7 Å². The predicted octanol–water partition coefficient (Wildman–Crippen LogP) is 5.35. The number of thioether (sulfide) groups is 1. The lowest BCUT2D eigenvalue weighted by molar-refractivity contribution is -0.139. The van der Waals surface area contributed by atoms with E-state index in [2.05, 4.69) is 5.32 Å². The minimum Gasteiger partial charge on any atom is -0.355 e. The predicted molar refractivity (Wildman–Crippen MR) is 137 cm³/mol. The lowest BCUT2D eigenvalue weighted by Gasteiger charge is -2.31. The highest BCUT2D eigenvalue weighted by Crippen LogP contribution is 2.19. The first kappa shape index (κ1) is 24.9. The molecule has 0 aromatic heterocycles. The van der Waals surface area contributed by atoms with Crippen LogP contribution in [-0.4, -0.2) is 35.1 Å². The van der Waals surface area contributed by atoms with Crippen LogP contribution in [0, 0.1) is 0 Å². The number of rotatable bonds is 11. The second-order valence-electron chi connectivity index (χ2n) is 7.73. The third-order valence-electron chi connectivity index (χ3n) is 5.23. The quantitative estimate of drug-likeness (QED) is 0.402. The largest absolute Gasteiger partial charge is 0.355 e. The van der Waals surface area contributed by atoms with Crippen LogP contribution < -0.4 is 5.32 Å². The van der Waals surface area contributed by atoms with Crippen LogP contribution in [0.2, 0.25) is 5.02 Å². The number of likely N-dealkylation sites (N-methyl/N-ethyl adjacent to an activating group) is 1. The Bertz CT molecular complexity index is 1010. The topological polar surface area (TPSA) is 49.4 Å². The summed E-state index contributed by atoms with van der Waals surface area (Å²) in [6.07, 6.45) is 0.465. The van der Waals surface area contributed by atoms with Crippen molar-refractivity contribution in [1.82, 2.24) is 10.2 Å². The fourth-order valence-corrected chi connectivity index (χ4v) is 4.54. The van der Waals surface area contributed by atoms with Crippen LogP contribution in [0.1, 0.15) is 23.6 Å². The number of benzene rings is 3. The number of carbonyl (C=O) groups excluding carboxylic acids is 2. The van der Waals surface area contributed by atoms with Gasteiger partial charge >= 0.3 is 0 Å². The summed E-state index contributed by atoms with van der Waals surface area (Å²) in [6.45, 7) is 2.79. The van der Waals surface area contributed by atoms with Crippen LogP contribution in [-0.2, 0) is 28.3 Å². The van der Waals surface area contributed by atoms with Crippen molar-refractivity contribution in [2.75, 3.05) is 12.3 Å². The number of carbonyl (C=O) groups is 2. The molecule has 3 rings (SSSR count). The molecule has 0 bridgehead atoms. The third-order valence-corrected chi connectivity index (χ3v) is 6.47. The SMILES string of the molecule is CCNC(=O)[C@@H](Cc1ccccc1)N(Cc1ccccc1)C(=O)CSCc1ccc(Cl)cc1. The van der Waals surface area contributed by atoms with Gasteiger partial charge in [0, 0.05) is 30.3 Å². The van der Waals surface area contributed by atoms with Gasteiger partial charge in [0.05, 0.1) is 5.75 Å². The summed E-state index contributed by atoms with van der Waals surface area (Å²) >= 11 is 7.51. The maximum atomic E-state index is 13.4. The molecule has 3 aromatic rings. The van der Waals surface area contributed by atoms with Crippen molar-refractivity contribution in [3.8, 4) is 0 Å². The summed E-state index contributed by atoms with van der Waals surface area (Å²) in [4.78, 5) is 28.2. The molecule has 4 nitrogen and oxygen atoms in total.